The Morgan fingerprint density at radius 1 is 1.12 bits per heavy atom. The minimum absolute atomic E-state index is 0.0248. The lowest BCUT2D eigenvalue weighted by molar-refractivity contribution is -0.383. The van der Waals surface area contributed by atoms with E-state index in [0.717, 1.165) is 35.1 Å². The number of nitro groups is 1. The molecule has 2 aromatic rings. The molecular weight excluding hydrogens is 378 g/mol. The zero-order chi connectivity index (χ0) is 18.9. The molecule has 1 saturated heterocycles. The molecule has 3 rings (SSSR count). The van der Waals surface area contributed by atoms with Gasteiger partial charge in [-0.15, -0.1) is 0 Å². The molecule has 10 heteroatoms. The highest BCUT2D eigenvalue weighted by Crippen LogP contribution is 2.40. The predicted molar refractivity (Wildman–Crippen MR) is 102 cm³/mol. The maximum absolute atomic E-state index is 11.7. The molecule has 1 aromatic carbocycles. The summed E-state index contributed by atoms with van der Waals surface area (Å²) in [6.45, 7) is 2.54. The Hall–Kier alpha value is -2.33. The molecule has 1 aliphatic heterocycles. The number of nitrogens with zero attached hydrogens (tertiary/aromatic N) is 3. The fourth-order valence-electron chi connectivity index (χ4n) is 2.85. The highest BCUT2D eigenvalue weighted by molar-refractivity contribution is 7.92. The summed E-state index contributed by atoms with van der Waals surface area (Å²) in [4.78, 5) is 14.9. The lowest BCUT2D eigenvalue weighted by Gasteiger charge is -2.36. The summed E-state index contributed by atoms with van der Waals surface area (Å²) >= 11 is 0.965. The molecule has 0 saturated carbocycles. The number of thiophene rings is 1. The zero-order valence-electron chi connectivity index (χ0n) is 14.4. The smallest absolute Gasteiger partial charge is 0.305 e. The first kappa shape index (κ1) is 18.5. The number of sulfone groups is 1. The van der Waals surface area contributed by atoms with Crippen molar-refractivity contribution in [2.75, 3.05) is 49.3 Å². The Balaban J connectivity index is 1.77. The summed E-state index contributed by atoms with van der Waals surface area (Å²) in [5.41, 5.74) is 0.913. The summed E-state index contributed by atoms with van der Waals surface area (Å²) in [5, 5.41) is 11.7. The third kappa shape index (κ3) is 3.75. The molecule has 26 heavy (non-hydrogen) atoms. The van der Waals surface area contributed by atoms with Crippen LogP contribution in [0.5, 0.6) is 5.75 Å². The highest BCUT2D eigenvalue weighted by atomic mass is 32.2. The van der Waals surface area contributed by atoms with Crippen molar-refractivity contribution in [3.05, 3.63) is 40.4 Å². The number of methoxy groups -OCH3 is 1. The van der Waals surface area contributed by atoms with Crippen LogP contribution in [0.1, 0.15) is 0 Å². The van der Waals surface area contributed by atoms with E-state index in [-0.39, 0.29) is 9.90 Å². The first-order valence-corrected chi connectivity index (χ1v) is 10.6. The van der Waals surface area contributed by atoms with Crippen molar-refractivity contribution in [2.45, 2.75) is 4.21 Å². The molecule has 140 valence electrons. The van der Waals surface area contributed by atoms with Crippen LogP contribution in [0, 0.1) is 10.1 Å². The molecule has 0 radical (unpaired) electrons. The van der Waals surface area contributed by atoms with Gasteiger partial charge in [0.05, 0.1) is 12.0 Å². The van der Waals surface area contributed by atoms with E-state index in [0.29, 0.717) is 31.2 Å². The van der Waals surface area contributed by atoms with Gasteiger partial charge in [-0.25, -0.2) is 8.42 Å². The van der Waals surface area contributed by atoms with Gasteiger partial charge in [0.25, 0.3) is 0 Å². The van der Waals surface area contributed by atoms with Crippen LogP contribution in [0.3, 0.4) is 0 Å². The quantitative estimate of drug-likeness (QED) is 0.565. The van der Waals surface area contributed by atoms with Crippen LogP contribution < -0.4 is 14.5 Å². The van der Waals surface area contributed by atoms with Crippen LogP contribution in [-0.2, 0) is 9.84 Å². The molecule has 0 N–H and O–H groups in total. The molecule has 1 aromatic heterocycles. The average molecular weight is 397 g/mol. The van der Waals surface area contributed by atoms with E-state index >= 15 is 0 Å². The lowest BCUT2D eigenvalue weighted by atomic mass is 10.2. The number of hydrogen-bond acceptors (Lipinski definition) is 8. The fraction of sp³-hybridized carbons (Fsp3) is 0.375. The maximum Gasteiger partial charge on any atom is 0.305 e. The number of rotatable bonds is 5. The lowest BCUT2D eigenvalue weighted by Crippen LogP contribution is -2.46. The van der Waals surface area contributed by atoms with Crippen LogP contribution in [0.15, 0.2) is 34.5 Å². The Morgan fingerprint density at radius 2 is 1.69 bits per heavy atom. The zero-order valence-corrected chi connectivity index (χ0v) is 16.0. The van der Waals surface area contributed by atoms with Crippen LogP contribution >= 0.6 is 11.3 Å². The second kappa shape index (κ2) is 7.12. The van der Waals surface area contributed by atoms with E-state index in [1.807, 2.05) is 29.2 Å². The minimum Gasteiger partial charge on any atom is -0.497 e. The molecule has 2 heterocycles. The molecular formula is C16H19N3O5S2. The predicted octanol–water partition coefficient (Wildman–Crippen LogP) is 2.40. The molecule has 1 aliphatic rings. The number of benzene rings is 1. The fourth-order valence-corrected chi connectivity index (χ4v) is 4.93. The second-order valence-corrected chi connectivity index (χ2v) is 9.23. The van der Waals surface area contributed by atoms with E-state index in [1.165, 1.54) is 0 Å². The van der Waals surface area contributed by atoms with E-state index in [4.69, 9.17) is 4.74 Å². The van der Waals surface area contributed by atoms with Crippen molar-refractivity contribution in [3.63, 3.8) is 0 Å². The van der Waals surface area contributed by atoms with E-state index in [9.17, 15) is 18.5 Å². The monoisotopic (exact) mass is 397 g/mol. The van der Waals surface area contributed by atoms with Crippen molar-refractivity contribution in [1.29, 1.82) is 0 Å². The summed E-state index contributed by atoms with van der Waals surface area (Å²) in [5.74, 6) is 0.787. The van der Waals surface area contributed by atoms with Gasteiger partial charge < -0.3 is 14.5 Å². The van der Waals surface area contributed by atoms with Gasteiger partial charge in [0.15, 0.2) is 14.8 Å². The largest absolute Gasteiger partial charge is 0.497 e. The van der Waals surface area contributed by atoms with Crippen LogP contribution in [0.4, 0.5) is 16.4 Å². The summed E-state index contributed by atoms with van der Waals surface area (Å²) < 4.78 is 28.7. The van der Waals surface area contributed by atoms with E-state index in [1.54, 1.807) is 7.11 Å². The molecule has 8 nitrogen and oxygen atoms in total. The van der Waals surface area contributed by atoms with Gasteiger partial charge in [-0.3, -0.25) is 10.1 Å². The Labute approximate surface area is 155 Å². The number of hydrogen-bond donors (Lipinski definition) is 0. The van der Waals surface area contributed by atoms with Gasteiger partial charge in [-0.05, 0) is 24.3 Å². The topological polar surface area (TPSA) is 93.0 Å². The van der Waals surface area contributed by atoms with Gasteiger partial charge in [-0.1, -0.05) is 11.3 Å². The van der Waals surface area contributed by atoms with Gasteiger partial charge in [0.1, 0.15) is 9.96 Å². The number of anilines is 2. The van der Waals surface area contributed by atoms with Gasteiger partial charge in [0, 0.05) is 44.2 Å². The third-order valence-electron chi connectivity index (χ3n) is 4.24. The molecule has 0 unspecified atom stereocenters. The first-order valence-electron chi connectivity index (χ1n) is 7.92. The van der Waals surface area contributed by atoms with Crippen molar-refractivity contribution >= 4 is 37.5 Å². The van der Waals surface area contributed by atoms with Crippen LogP contribution in [0.2, 0.25) is 0 Å². The molecule has 0 amide bonds. The molecule has 0 atom stereocenters. The Kier molecular flexibility index (Phi) is 5.05. The van der Waals surface area contributed by atoms with Crippen molar-refractivity contribution in [2.24, 2.45) is 0 Å². The highest BCUT2D eigenvalue weighted by Gasteiger charge is 2.29. The van der Waals surface area contributed by atoms with Gasteiger partial charge in [-0.2, -0.15) is 0 Å². The minimum atomic E-state index is -3.47. The average Bonchev–Trinajstić information content (AvgIpc) is 3.08. The van der Waals surface area contributed by atoms with Crippen molar-refractivity contribution < 1.29 is 18.1 Å². The van der Waals surface area contributed by atoms with Crippen LogP contribution in [-0.4, -0.2) is 52.9 Å². The number of piperazine rings is 1. The van der Waals surface area contributed by atoms with Crippen LogP contribution in [0.25, 0.3) is 0 Å². The van der Waals surface area contributed by atoms with Gasteiger partial charge in [0.2, 0.25) is 0 Å². The first-order chi connectivity index (χ1) is 12.3. The number of ether oxygens (including phenoxy) is 1. The van der Waals surface area contributed by atoms with Crippen molar-refractivity contribution in [1.82, 2.24) is 0 Å². The standard InChI is InChI=1S/C16H19N3O5S2/c1-24-13-5-3-12(4-6-13)17-7-9-18(10-8-17)16-14(19(20)21)11-15(25-16)26(2,22)23/h3-6,11H,7-10H2,1-2H3. The summed E-state index contributed by atoms with van der Waals surface area (Å²) in [6, 6.07) is 8.90. The SMILES string of the molecule is COc1ccc(N2CCN(c3sc(S(C)(=O)=O)cc3[N+](=O)[O-])CC2)cc1. The molecule has 0 aliphatic carbocycles. The molecule has 0 bridgehead atoms. The van der Waals surface area contributed by atoms with Crippen molar-refractivity contribution in [3.8, 4) is 5.75 Å². The summed E-state index contributed by atoms with van der Waals surface area (Å²) in [6.07, 6.45) is 1.06. The maximum atomic E-state index is 11.7. The van der Waals surface area contributed by atoms with E-state index < -0.39 is 14.8 Å². The van der Waals surface area contributed by atoms with Gasteiger partial charge >= 0.3 is 5.69 Å². The Bertz CT molecular complexity index is 900. The Morgan fingerprint density at radius 3 is 2.19 bits per heavy atom. The second-order valence-electron chi connectivity index (χ2n) is 5.96. The molecule has 0 spiro atoms. The third-order valence-corrected chi connectivity index (χ3v) is 7.22. The molecule has 1 fully saturated rings. The normalized spacial score (nSPS) is 15.2. The van der Waals surface area contributed by atoms with E-state index in [2.05, 4.69) is 4.90 Å². The summed E-state index contributed by atoms with van der Waals surface area (Å²) in [7, 11) is -1.85.